The summed E-state index contributed by atoms with van der Waals surface area (Å²) in [7, 11) is -3.86. The highest BCUT2D eigenvalue weighted by Gasteiger charge is 2.29. The van der Waals surface area contributed by atoms with E-state index in [9.17, 15) is 17.6 Å². The van der Waals surface area contributed by atoms with E-state index in [2.05, 4.69) is 5.32 Å². The van der Waals surface area contributed by atoms with E-state index in [-0.39, 0.29) is 4.90 Å². The van der Waals surface area contributed by atoms with Crippen molar-refractivity contribution in [2.24, 2.45) is 0 Å². The molecule has 0 spiro atoms. The topological polar surface area (TPSA) is 63.2 Å². The van der Waals surface area contributed by atoms with Crippen LogP contribution < -0.4 is 5.32 Å². The summed E-state index contributed by atoms with van der Waals surface area (Å²) in [5.74, 6) is -1.13. The lowest BCUT2D eigenvalue weighted by Crippen LogP contribution is -2.38. The quantitative estimate of drug-likeness (QED) is 0.796. The van der Waals surface area contributed by atoms with Gasteiger partial charge in [-0.1, -0.05) is 23.7 Å². The van der Waals surface area contributed by atoms with Crippen molar-refractivity contribution in [3.63, 3.8) is 0 Å². The Morgan fingerprint density at radius 2 is 1.88 bits per heavy atom. The van der Waals surface area contributed by atoms with Gasteiger partial charge in [0, 0.05) is 11.6 Å². The molecular weight excluding hydrogens is 353 g/mol. The second-order valence-electron chi connectivity index (χ2n) is 5.31. The van der Waals surface area contributed by atoms with E-state index in [1.54, 1.807) is 18.2 Å². The second kappa shape index (κ2) is 7.77. The number of carbonyl (C=O) groups is 1. The van der Waals surface area contributed by atoms with Crippen LogP contribution in [0.5, 0.6) is 0 Å². The molecule has 1 N–H and O–H groups in total. The van der Waals surface area contributed by atoms with Gasteiger partial charge >= 0.3 is 0 Å². The maximum absolute atomic E-state index is 12.9. The van der Waals surface area contributed by atoms with Gasteiger partial charge in [-0.05, 0) is 55.3 Å². The summed E-state index contributed by atoms with van der Waals surface area (Å²) in [5.41, 5.74) is 0.942. The highest BCUT2D eigenvalue weighted by atomic mass is 35.5. The third kappa shape index (κ3) is 4.55. The first-order chi connectivity index (χ1) is 11.3. The van der Waals surface area contributed by atoms with Gasteiger partial charge in [0.05, 0.1) is 4.90 Å². The van der Waals surface area contributed by atoms with Crippen LogP contribution in [0.1, 0.15) is 12.5 Å². The fourth-order valence-corrected chi connectivity index (χ4v) is 3.64. The van der Waals surface area contributed by atoms with E-state index in [4.69, 9.17) is 11.6 Å². The van der Waals surface area contributed by atoms with Crippen LogP contribution in [-0.2, 0) is 21.1 Å². The summed E-state index contributed by atoms with van der Waals surface area (Å²) in [4.78, 5) is 12.0. The zero-order valence-corrected chi connectivity index (χ0v) is 14.6. The van der Waals surface area contributed by atoms with Gasteiger partial charge in [0.15, 0.2) is 9.84 Å². The smallest absolute Gasteiger partial charge is 0.238 e. The average Bonchev–Trinajstić information content (AvgIpc) is 2.54. The van der Waals surface area contributed by atoms with Gasteiger partial charge in [-0.2, -0.15) is 0 Å². The maximum atomic E-state index is 12.9. The van der Waals surface area contributed by atoms with Gasteiger partial charge in [0.1, 0.15) is 11.1 Å². The van der Waals surface area contributed by atoms with Crippen molar-refractivity contribution in [1.82, 2.24) is 5.32 Å². The van der Waals surface area contributed by atoms with Crippen LogP contribution in [0.4, 0.5) is 4.39 Å². The molecule has 0 bridgehead atoms. The zero-order chi connectivity index (χ0) is 17.7. The molecular formula is C17H17ClFNO3S. The van der Waals surface area contributed by atoms with Crippen molar-refractivity contribution in [3.05, 3.63) is 64.9 Å². The molecule has 0 aliphatic rings. The van der Waals surface area contributed by atoms with Crippen LogP contribution in [-0.4, -0.2) is 26.1 Å². The minimum absolute atomic E-state index is 0.0820. The molecule has 2 aromatic carbocycles. The lowest BCUT2D eigenvalue weighted by atomic mass is 10.1. The SMILES string of the molecule is CC(C(=O)NCCc1cccc(Cl)c1)S(=O)(=O)c1ccc(F)cc1. The lowest BCUT2D eigenvalue weighted by molar-refractivity contribution is -0.120. The zero-order valence-electron chi connectivity index (χ0n) is 13.0. The lowest BCUT2D eigenvalue weighted by Gasteiger charge is -2.13. The molecule has 24 heavy (non-hydrogen) atoms. The number of carbonyl (C=O) groups excluding carboxylic acids is 1. The van der Waals surface area contributed by atoms with Gasteiger partial charge in [-0.3, -0.25) is 4.79 Å². The number of hydrogen-bond acceptors (Lipinski definition) is 3. The standard InChI is InChI=1S/C17H17ClFNO3S/c1-12(24(22,23)16-7-5-15(19)6-8-16)17(21)20-10-9-13-3-2-4-14(18)11-13/h2-8,11-12H,9-10H2,1H3,(H,20,21). The van der Waals surface area contributed by atoms with Crippen LogP contribution in [0.15, 0.2) is 53.4 Å². The Morgan fingerprint density at radius 3 is 2.50 bits per heavy atom. The molecule has 2 aromatic rings. The minimum Gasteiger partial charge on any atom is -0.355 e. The highest BCUT2D eigenvalue weighted by molar-refractivity contribution is 7.92. The Kier molecular flexibility index (Phi) is 5.96. The summed E-state index contributed by atoms with van der Waals surface area (Å²) in [6, 6.07) is 11.6. The number of sulfone groups is 1. The first-order valence-electron chi connectivity index (χ1n) is 7.32. The molecule has 128 valence electrons. The molecule has 0 aliphatic heterocycles. The second-order valence-corrected chi connectivity index (χ2v) is 8.02. The summed E-state index contributed by atoms with van der Waals surface area (Å²) >= 11 is 5.88. The number of amides is 1. The van der Waals surface area contributed by atoms with Crippen molar-refractivity contribution in [2.45, 2.75) is 23.5 Å². The fraction of sp³-hybridized carbons (Fsp3) is 0.235. The molecule has 0 fully saturated rings. The Bertz CT molecular complexity index is 822. The van der Waals surface area contributed by atoms with E-state index in [1.807, 2.05) is 6.07 Å². The molecule has 0 heterocycles. The minimum atomic E-state index is -3.86. The number of hydrogen-bond donors (Lipinski definition) is 1. The molecule has 2 rings (SSSR count). The van der Waals surface area contributed by atoms with Crippen molar-refractivity contribution in [1.29, 1.82) is 0 Å². The molecule has 0 aromatic heterocycles. The third-order valence-corrected chi connectivity index (χ3v) is 5.89. The predicted octanol–water partition coefficient (Wildman–Crippen LogP) is 3.00. The molecule has 1 atom stereocenters. The molecule has 0 radical (unpaired) electrons. The van der Waals surface area contributed by atoms with E-state index in [1.165, 1.54) is 6.92 Å². The maximum Gasteiger partial charge on any atom is 0.238 e. The van der Waals surface area contributed by atoms with Gasteiger partial charge in [-0.25, -0.2) is 12.8 Å². The number of halogens is 2. The predicted molar refractivity (Wildman–Crippen MR) is 91.2 cm³/mol. The van der Waals surface area contributed by atoms with E-state index >= 15 is 0 Å². The van der Waals surface area contributed by atoms with E-state index in [0.29, 0.717) is 18.0 Å². The molecule has 1 unspecified atom stereocenters. The fourth-order valence-electron chi connectivity index (χ4n) is 2.14. The van der Waals surface area contributed by atoms with E-state index in [0.717, 1.165) is 29.8 Å². The first-order valence-corrected chi connectivity index (χ1v) is 9.25. The van der Waals surface area contributed by atoms with Crippen LogP contribution in [0.25, 0.3) is 0 Å². The van der Waals surface area contributed by atoms with Gasteiger partial charge < -0.3 is 5.32 Å². The molecule has 7 heteroatoms. The molecule has 0 saturated heterocycles. The normalized spacial score (nSPS) is 12.6. The van der Waals surface area contributed by atoms with Crippen LogP contribution in [0.2, 0.25) is 5.02 Å². The molecule has 0 aliphatic carbocycles. The van der Waals surface area contributed by atoms with E-state index < -0.39 is 26.8 Å². The number of benzene rings is 2. The van der Waals surface area contributed by atoms with Crippen molar-refractivity contribution >= 4 is 27.3 Å². The Balaban J connectivity index is 1.97. The monoisotopic (exact) mass is 369 g/mol. The average molecular weight is 370 g/mol. The highest BCUT2D eigenvalue weighted by Crippen LogP contribution is 2.17. The Hall–Kier alpha value is -1.92. The Labute approximate surface area is 145 Å². The summed E-state index contributed by atoms with van der Waals surface area (Å²) < 4.78 is 37.6. The molecule has 4 nitrogen and oxygen atoms in total. The Morgan fingerprint density at radius 1 is 1.21 bits per heavy atom. The summed E-state index contributed by atoms with van der Waals surface area (Å²) in [6.45, 7) is 1.61. The summed E-state index contributed by atoms with van der Waals surface area (Å²) in [5, 5.41) is 1.94. The largest absolute Gasteiger partial charge is 0.355 e. The number of rotatable bonds is 6. The first kappa shape index (κ1) is 18.4. The molecule has 0 saturated carbocycles. The van der Waals surface area contributed by atoms with Crippen LogP contribution in [0.3, 0.4) is 0 Å². The summed E-state index contributed by atoms with van der Waals surface area (Å²) in [6.07, 6.45) is 0.537. The van der Waals surface area contributed by atoms with Gasteiger partial charge in [0.25, 0.3) is 0 Å². The van der Waals surface area contributed by atoms with Crippen molar-refractivity contribution in [2.75, 3.05) is 6.54 Å². The van der Waals surface area contributed by atoms with Gasteiger partial charge in [0.2, 0.25) is 5.91 Å². The van der Waals surface area contributed by atoms with Crippen molar-refractivity contribution < 1.29 is 17.6 Å². The number of nitrogens with one attached hydrogen (secondary N) is 1. The third-order valence-electron chi connectivity index (χ3n) is 3.58. The van der Waals surface area contributed by atoms with Crippen LogP contribution in [0, 0.1) is 5.82 Å². The van der Waals surface area contributed by atoms with Crippen molar-refractivity contribution in [3.8, 4) is 0 Å². The molecule has 1 amide bonds. The van der Waals surface area contributed by atoms with Crippen LogP contribution >= 0.6 is 11.6 Å². The van der Waals surface area contributed by atoms with Gasteiger partial charge in [-0.15, -0.1) is 0 Å².